The number of halogens is 1. The van der Waals surface area contributed by atoms with Crippen LogP contribution in [0.15, 0.2) is 39.7 Å². The van der Waals surface area contributed by atoms with Crippen molar-refractivity contribution in [1.29, 1.82) is 5.26 Å². The van der Waals surface area contributed by atoms with E-state index in [2.05, 4.69) is 20.9 Å². The molecule has 0 fully saturated rings. The molecule has 2 aromatic rings. The molecule has 0 radical (unpaired) electrons. The third kappa shape index (κ3) is 2.12. The SMILES string of the molecule is Cn1cc(C#N)c(-c2ccccc2Br)nc1=O. The lowest BCUT2D eigenvalue weighted by Gasteiger charge is -2.06. The lowest BCUT2D eigenvalue weighted by molar-refractivity contribution is 0.809. The number of rotatable bonds is 1. The second kappa shape index (κ2) is 4.52. The Labute approximate surface area is 106 Å². The predicted molar refractivity (Wildman–Crippen MR) is 67.3 cm³/mol. The largest absolute Gasteiger partial charge is 0.347 e. The highest BCUT2D eigenvalue weighted by molar-refractivity contribution is 9.10. The zero-order valence-electron chi connectivity index (χ0n) is 9.01. The van der Waals surface area contributed by atoms with E-state index in [0.29, 0.717) is 11.3 Å². The highest BCUT2D eigenvalue weighted by atomic mass is 79.9. The van der Waals surface area contributed by atoms with E-state index < -0.39 is 0 Å². The quantitative estimate of drug-likeness (QED) is 0.808. The highest BCUT2D eigenvalue weighted by Gasteiger charge is 2.11. The molecule has 1 aromatic heterocycles. The highest BCUT2D eigenvalue weighted by Crippen LogP contribution is 2.27. The molecule has 2 rings (SSSR count). The van der Waals surface area contributed by atoms with E-state index in [1.165, 1.54) is 10.8 Å². The summed E-state index contributed by atoms with van der Waals surface area (Å²) in [5.41, 5.74) is 1.14. The minimum Gasteiger partial charge on any atom is -0.301 e. The molecule has 0 saturated heterocycles. The van der Waals surface area contributed by atoms with E-state index in [1.807, 2.05) is 30.3 Å². The number of benzene rings is 1. The van der Waals surface area contributed by atoms with Gasteiger partial charge in [-0.25, -0.2) is 4.79 Å². The fourth-order valence-electron chi connectivity index (χ4n) is 1.49. The van der Waals surface area contributed by atoms with Gasteiger partial charge >= 0.3 is 5.69 Å². The molecule has 0 N–H and O–H groups in total. The number of hydrogen-bond acceptors (Lipinski definition) is 3. The van der Waals surface area contributed by atoms with E-state index in [4.69, 9.17) is 5.26 Å². The van der Waals surface area contributed by atoms with Gasteiger partial charge in [-0.3, -0.25) is 0 Å². The molecule has 84 valence electrons. The molecule has 1 heterocycles. The average Bonchev–Trinajstić information content (AvgIpc) is 2.33. The first-order chi connectivity index (χ1) is 8.13. The van der Waals surface area contributed by atoms with Crippen LogP contribution in [-0.2, 0) is 7.05 Å². The summed E-state index contributed by atoms with van der Waals surface area (Å²) in [4.78, 5) is 15.4. The van der Waals surface area contributed by atoms with E-state index in [0.717, 1.165) is 10.0 Å². The van der Waals surface area contributed by atoms with E-state index in [-0.39, 0.29) is 5.69 Å². The van der Waals surface area contributed by atoms with Crippen molar-refractivity contribution in [2.75, 3.05) is 0 Å². The number of hydrogen-bond donors (Lipinski definition) is 0. The lowest BCUT2D eigenvalue weighted by atomic mass is 10.1. The van der Waals surface area contributed by atoms with Gasteiger partial charge in [-0.2, -0.15) is 10.2 Å². The summed E-state index contributed by atoms with van der Waals surface area (Å²) in [6.45, 7) is 0. The fourth-order valence-corrected chi connectivity index (χ4v) is 1.96. The smallest absolute Gasteiger partial charge is 0.301 e. The molecule has 4 nitrogen and oxygen atoms in total. The zero-order valence-corrected chi connectivity index (χ0v) is 10.6. The Morgan fingerprint density at radius 1 is 1.41 bits per heavy atom. The van der Waals surface area contributed by atoms with Gasteiger partial charge in [0.1, 0.15) is 6.07 Å². The van der Waals surface area contributed by atoms with Gasteiger partial charge in [-0.15, -0.1) is 0 Å². The van der Waals surface area contributed by atoms with Gasteiger partial charge in [0.2, 0.25) is 0 Å². The molecule has 0 saturated carbocycles. The molecule has 5 heteroatoms. The first-order valence-corrected chi connectivity index (χ1v) is 5.65. The third-order valence-corrected chi connectivity index (χ3v) is 3.03. The van der Waals surface area contributed by atoms with Crippen LogP contribution in [-0.4, -0.2) is 9.55 Å². The van der Waals surface area contributed by atoms with Crippen LogP contribution in [0, 0.1) is 11.3 Å². The molecule has 0 aliphatic heterocycles. The van der Waals surface area contributed by atoms with Gasteiger partial charge < -0.3 is 4.57 Å². The standard InChI is InChI=1S/C12H8BrN3O/c1-16-7-8(6-14)11(15-12(16)17)9-4-2-3-5-10(9)13/h2-5,7H,1H3. The van der Waals surface area contributed by atoms with Crippen molar-refractivity contribution in [3.63, 3.8) is 0 Å². The van der Waals surface area contributed by atoms with Gasteiger partial charge in [-0.05, 0) is 6.07 Å². The number of aryl methyl sites for hydroxylation is 1. The van der Waals surface area contributed by atoms with Gasteiger partial charge in [0, 0.05) is 23.3 Å². The molecule has 0 atom stereocenters. The van der Waals surface area contributed by atoms with Crippen molar-refractivity contribution in [3.05, 3.63) is 51.0 Å². The molecule has 0 bridgehead atoms. The Bertz CT molecular complexity index is 670. The summed E-state index contributed by atoms with van der Waals surface area (Å²) in [6, 6.07) is 9.40. The van der Waals surface area contributed by atoms with Crippen LogP contribution in [0.2, 0.25) is 0 Å². The molecular formula is C12H8BrN3O. The molecule has 0 aliphatic rings. The maximum absolute atomic E-state index is 11.5. The van der Waals surface area contributed by atoms with Crippen molar-refractivity contribution < 1.29 is 0 Å². The first kappa shape index (κ1) is 11.6. The van der Waals surface area contributed by atoms with E-state index in [9.17, 15) is 4.79 Å². The predicted octanol–water partition coefficient (Wildman–Crippen LogP) is 2.08. The van der Waals surface area contributed by atoms with Gasteiger partial charge in [0.25, 0.3) is 0 Å². The van der Waals surface area contributed by atoms with Crippen molar-refractivity contribution in [2.24, 2.45) is 7.05 Å². The molecular weight excluding hydrogens is 282 g/mol. The van der Waals surface area contributed by atoms with Crippen LogP contribution in [0.1, 0.15) is 5.56 Å². The molecule has 17 heavy (non-hydrogen) atoms. The third-order valence-electron chi connectivity index (χ3n) is 2.34. The van der Waals surface area contributed by atoms with Crippen LogP contribution in [0.25, 0.3) is 11.3 Å². The summed E-state index contributed by atoms with van der Waals surface area (Å²) in [6.07, 6.45) is 1.49. The van der Waals surface area contributed by atoms with Gasteiger partial charge in [0.05, 0.1) is 11.3 Å². The Balaban J connectivity index is 2.77. The fraction of sp³-hybridized carbons (Fsp3) is 0.0833. The minimum absolute atomic E-state index is 0.374. The zero-order chi connectivity index (χ0) is 12.4. The minimum atomic E-state index is -0.380. The summed E-state index contributed by atoms with van der Waals surface area (Å²) in [5, 5.41) is 9.07. The van der Waals surface area contributed by atoms with E-state index in [1.54, 1.807) is 7.05 Å². The maximum Gasteiger partial charge on any atom is 0.347 e. The van der Waals surface area contributed by atoms with Crippen molar-refractivity contribution in [2.45, 2.75) is 0 Å². The van der Waals surface area contributed by atoms with Gasteiger partial charge in [0.15, 0.2) is 0 Å². The van der Waals surface area contributed by atoms with Crippen LogP contribution in [0.4, 0.5) is 0 Å². The second-order valence-electron chi connectivity index (χ2n) is 3.49. The summed E-state index contributed by atoms with van der Waals surface area (Å²) in [7, 11) is 1.57. The molecule has 1 aromatic carbocycles. The van der Waals surface area contributed by atoms with Gasteiger partial charge in [-0.1, -0.05) is 34.1 Å². The number of nitriles is 1. The molecule has 0 spiro atoms. The Morgan fingerprint density at radius 3 is 2.76 bits per heavy atom. The summed E-state index contributed by atoms with van der Waals surface area (Å²) >= 11 is 3.38. The number of nitrogens with zero attached hydrogens (tertiary/aromatic N) is 3. The Morgan fingerprint density at radius 2 is 2.12 bits per heavy atom. The Kier molecular flexibility index (Phi) is 3.07. The van der Waals surface area contributed by atoms with Crippen LogP contribution < -0.4 is 5.69 Å². The second-order valence-corrected chi connectivity index (χ2v) is 4.34. The summed E-state index contributed by atoms with van der Waals surface area (Å²) < 4.78 is 2.09. The monoisotopic (exact) mass is 289 g/mol. The molecule has 0 amide bonds. The average molecular weight is 290 g/mol. The van der Waals surface area contributed by atoms with Crippen LogP contribution >= 0.6 is 15.9 Å². The first-order valence-electron chi connectivity index (χ1n) is 4.86. The van der Waals surface area contributed by atoms with Crippen molar-refractivity contribution >= 4 is 15.9 Å². The van der Waals surface area contributed by atoms with Crippen LogP contribution in [0.5, 0.6) is 0 Å². The Hall–Kier alpha value is -1.93. The van der Waals surface area contributed by atoms with Crippen molar-refractivity contribution in [1.82, 2.24) is 9.55 Å². The van der Waals surface area contributed by atoms with Crippen molar-refractivity contribution in [3.8, 4) is 17.3 Å². The number of aromatic nitrogens is 2. The summed E-state index contributed by atoms with van der Waals surface area (Å²) in [5.74, 6) is 0. The molecule has 0 unspecified atom stereocenters. The normalized spacial score (nSPS) is 9.94. The topological polar surface area (TPSA) is 58.7 Å². The van der Waals surface area contributed by atoms with Crippen LogP contribution in [0.3, 0.4) is 0 Å². The molecule has 0 aliphatic carbocycles. The van der Waals surface area contributed by atoms with E-state index >= 15 is 0 Å². The lowest BCUT2D eigenvalue weighted by Crippen LogP contribution is -2.20. The maximum atomic E-state index is 11.5.